The predicted molar refractivity (Wildman–Crippen MR) is 100 cm³/mol. The van der Waals surface area contributed by atoms with E-state index in [1.54, 1.807) is 34.1 Å². The zero-order valence-electron chi connectivity index (χ0n) is 15.4. The fraction of sp³-hybridized carbons (Fsp3) is 0.350. The number of carbonyl (C=O) groups is 3. The first kappa shape index (κ1) is 18.1. The number of benzene rings is 1. The molecule has 0 spiro atoms. The van der Waals surface area contributed by atoms with E-state index in [1.807, 2.05) is 12.1 Å². The molecule has 8 heteroatoms. The summed E-state index contributed by atoms with van der Waals surface area (Å²) in [5, 5.41) is 0. The van der Waals surface area contributed by atoms with Gasteiger partial charge in [-0.05, 0) is 30.7 Å². The standard InChI is InChI=1S/C20H21N3O5/c24-18(13-23-15-5-1-2-6-16(15)28-14-19(23)25)21-8-4-9-22(11-10-21)20(26)17-7-3-12-27-17/h1-3,5-7,12H,4,8-11,13-14H2. The van der Waals surface area contributed by atoms with Crippen molar-refractivity contribution < 1.29 is 23.5 Å². The topological polar surface area (TPSA) is 83.3 Å². The highest BCUT2D eigenvalue weighted by atomic mass is 16.5. The van der Waals surface area contributed by atoms with Gasteiger partial charge in [-0.2, -0.15) is 0 Å². The SMILES string of the molecule is O=C(CN1C(=O)COc2ccccc21)N1CCCN(C(=O)c2ccco2)CC1. The minimum absolute atomic E-state index is 0.0364. The Bertz CT molecular complexity index is 880. The molecule has 0 atom stereocenters. The lowest BCUT2D eigenvalue weighted by molar-refractivity contribution is -0.131. The Morgan fingerprint density at radius 2 is 1.75 bits per heavy atom. The molecule has 3 heterocycles. The van der Waals surface area contributed by atoms with E-state index in [-0.39, 0.29) is 30.9 Å². The summed E-state index contributed by atoms with van der Waals surface area (Å²) in [6.45, 7) is 1.84. The second-order valence-corrected chi connectivity index (χ2v) is 6.74. The van der Waals surface area contributed by atoms with E-state index in [0.29, 0.717) is 49.8 Å². The number of hydrogen-bond acceptors (Lipinski definition) is 5. The molecule has 2 aromatic rings. The Hall–Kier alpha value is -3.29. The molecule has 146 valence electrons. The van der Waals surface area contributed by atoms with E-state index >= 15 is 0 Å². The summed E-state index contributed by atoms with van der Waals surface area (Å²) in [5.41, 5.74) is 0.608. The lowest BCUT2D eigenvalue weighted by Gasteiger charge is -2.31. The van der Waals surface area contributed by atoms with E-state index in [0.717, 1.165) is 0 Å². The van der Waals surface area contributed by atoms with Crippen LogP contribution < -0.4 is 9.64 Å². The maximum atomic E-state index is 12.8. The van der Waals surface area contributed by atoms with E-state index in [1.165, 1.54) is 11.2 Å². The van der Waals surface area contributed by atoms with Crippen LogP contribution in [0, 0.1) is 0 Å². The van der Waals surface area contributed by atoms with Gasteiger partial charge in [0.2, 0.25) is 5.91 Å². The summed E-state index contributed by atoms with van der Waals surface area (Å²) in [7, 11) is 0. The molecular weight excluding hydrogens is 362 g/mol. The Morgan fingerprint density at radius 3 is 2.57 bits per heavy atom. The van der Waals surface area contributed by atoms with Crippen molar-refractivity contribution in [2.75, 3.05) is 44.2 Å². The van der Waals surface area contributed by atoms with Crippen molar-refractivity contribution >= 4 is 23.4 Å². The molecule has 2 aliphatic heterocycles. The molecule has 3 amide bonds. The average Bonchev–Trinajstić information content (AvgIpc) is 3.14. The third kappa shape index (κ3) is 3.58. The molecule has 8 nitrogen and oxygen atoms in total. The Kier molecular flexibility index (Phi) is 5.01. The zero-order chi connectivity index (χ0) is 19.5. The zero-order valence-corrected chi connectivity index (χ0v) is 15.4. The van der Waals surface area contributed by atoms with Crippen LogP contribution in [0.15, 0.2) is 47.1 Å². The van der Waals surface area contributed by atoms with Gasteiger partial charge in [0.05, 0.1) is 12.0 Å². The van der Waals surface area contributed by atoms with Crippen molar-refractivity contribution in [2.24, 2.45) is 0 Å². The van der Waals surface area contributed by atoms with Gasteiger partial charge in [-0.1, -0.05) is 12.1 Å². The Labute approximate surface area is 162 Å². The normalized spacial score (nSPS) is 17.0. The summed E-state index contributed by atoms with van der Waals surface area (Å²) in [4.78, 5) is 42.5. The summed E-state index contributed by atoms with van der Waals surface area (Å²) in [5.74, 6) is 0.349. The van der Waals surface area contributed by atoms with Gasteiger partial charge in [0.1, 0.15) is 12.3 Å². The maximum Gasteiger partial charge on any atom is 0.289 e. The number of nitrogens with zero attached hydrogens (tertiary/aromatic N) is 3. The van der Waals surface area contributed by atoms with Gasteiger partial charge in [-0.15, -0.1) is 0 Å². The van der Waals surface area contributed by atoms with Gasteiger partial charge in [0.15, 0.2) is 12.4 Å². The molecule has 2 aliphatic rings. The lowest BCUT2D eigenvalue weighted by Crippen LogP contribution is -2.47. The van der Waals surface area contributed by atoms with Crippen molar-refractivity contribution in [3.63, 3.8) is 0 Å². The van der Waals surface area contributed by atoms with Crippen LogP contribution in [0.3, 0.4) is 0 Å². The molecule has 0 bridgehead atoms. The van der Waals surface area contributed by atoms with Crippen molar-refractivity contribution in [1.82, 2.24) is 9.80 Å². The average molecular weight is 383 g/mol. The number of hydrogen-bond donors (Lipinski definition) is 0. The fourth-order valence-corrected chi connectivity index (χ4v) is 3.49. The largest absolute Gasteiger partial charge is 0.482 e. The Morgan fingerprint density at radius 1 is 0.964 bits per heavy atom. The van der Waals surface area contributed by atoms with Crippen LogP contribution in [0.4, 0.5) is 5.69 Å². The van der Waals surface area contributed by atoms with Gasteiger partial charge in [-0.3, -0.25) is 19.3 Å². The van der Waals surface area contributed by atoms with E-state index in [9.17, 15) is 14.4 Å². The summed E-state index contributed by atoms with van der Waals surface area (Å²) < 4.78 is 10.6. The number of anilines is 1. The molecule has 1 fully saturated rings. The third-order valence-electron chi connectivity index (χ3n) is 4.97. The molecular formula is C20H21N3O5. The number of amides is 3. The van der Waals surface area contributed by atoms with Crippen LogP contribution in [-0.2, 0) is 9.59 Å². The second kappa shape index (κ2) is 7.75. The number of ether oxygens (including phenoxy) is 1. The molecule has 0 unspecified atom stereocenters. The minimum atomic E-state index is -0.239. The fourth-order valence-electron chi connectivity index (χ4n) is 3.49. The van der Waals surface area contributed by atoms with Crippen LogP contribution in [-0.4, -0.2) is 66.9 Å². The molecule has 0 N–H and O–H groups in total. The summed E-state index contributed by atoms with van der Waals surface area (Å²) in [6.07, 6.45) is 2.14. The molecule has 1 aromatic heterocycles. The molecule has 0 radical (unpaired) electrons. The van der Waals surface area contributed by atoms with E-state index in [2.05, 4.69) is 0 Å². The van der Waals surface area contributed by atoms with Crippen molar-refractivity contribution in [2.45, 2.75) is 6.42 Å². The number of fused-ring (bicyclic) bond motifs is 1. The van der Waals surface area contributed by atoms with Crippen molar-refractivity contribution in [3.05, 3.63) is 48.4 Å². The van der Waals surface area contributed by atoms with Crippen LogP contribution in [0.5, 0.6) is 5.75 Å². The van der Waals surface area contributed by atoms with Crippen LogP contribution in [0.1, 0.15) is 17.0 Å². The number of rotatable bonds is 3. The highest BCUT2D eigenvalue weighted by molar-refractivity contribution is 6.02. The first-order chi connectivity index (χ1) is 13.6. The molecule has 0 saturated carbocycles. The number of para-hydroxylation sites is 2. The predicted octanol–water partition coefficient (Wildman–Crippen LogP) is 1.38. The Balaban J connectivity index is 1.41. The van der Waals surface area contributed by atoms with Gasteiger partial charge < -0.3 is 19.0 Å². The third-order valence-corrected chi connectivity index (χ3v) is 4.97. The molecule has 1 saturated heterocycles. The maximum absolute atomic E-state index is 12.8. The van der Waals surface area contributed by atoms with Crippen LogP contribution >= 0.6 is 0 Å². The van der Waals surface area contributed by atoms with Crippen LogP contribution in [0.2, 0.25) is 0 Å². The first-order valence-corrected chi connectivity index (χ1v) is 9.26. The monoisotopic (exact) mass is 383 g/mol. The van der Waals surface area contributed by atoms with Gasteiger partial charge >= 0.3 is 0 Å². The highest BCUT2D eigenvalue weighted by Crippen LogP contribution is 2.31. The second-order valence-electron chi connectivity index (χ2n) is 6.74. The lowest BCUT2D eigenvalue weighted by atomic mass is 10.2. The van der Waals surface area contributed by atoms with Crippen molar-refractivity contribution in [1.29, 1.82) is 0 Å². The van der Waals surface area contributed by atoms with E-state index in [4.69, 9.17) is 9.15 Å². The first-order valence-electron chi connectivity index (χ1n) is 9.26. The van der Waals surface area contributed by atoms with Crippen LogP contribution in [0.25, 0.3) is 0 Å². The molecule has 1 aromatic carbocycles. The number of furan rings is 1. The summed E-state index contributed by atoms with van der Waals surface area (Å²) >= 11 is 0. The quantitative estimate of drug-likeness (QED) is 0.800. The molecule has 28 heavy (non-hydrogen) atoms. The minimum Gasteiger partial charge on any atom is -0.482 e. The van der Waals surface area contributed by atoms with Crippen molar-refractivity contribution in [3.8, 4) is 5.75 Å². The van der Waals surface area contributed by atoms with Gasteiger partial charge in [0.25, 0.3) is 11.8 Å². The summed E-state index contributed by atoms with van der Waals surface area (Å²) in [6, 6.07) is 10.5. The molecule has 4 rings (SSSR count). The smallest absolute Gasteiger partial charge is 0.289 e. The highest BCUT2D eigenvalue weighted by Gasteiger charge is 2.30. The number of carbonyl (C=O) groups excluding carboxylic acids is 3. The van der Waals surface area contributed by atoms with Gasteiger partial charge in [0, 0.05) is 26.2 Å². The van der Waals surface area contributed by atoms with Gasteiger partial charge in [-0.25, -0.2) is 0 Å². The molecule has 0 aliphatic carbocycles. The van der Waals surface area contributed by atoms with E-state index < -0.39 is 0 Å².